The maximum atomic E-state index is 6.39. The molecule has 1 aromatic heterocycles. The molecule has 2 atom stereocenters. The molecule has 0 amide bonds. The van der Waals surface area contributed by atoms with Crippen LogP contribution < -0.4 is 5.32 Å². The maximum absolute atomic E-state index is 6.39. The lowest BCUT2D eigenvalue weighted by atomic mass is 9.70. The lowest BCUT2D eigenvalue weighted by Crippen LogP contribution is -2.35. The van der Waals surface area contributed by atoms with Crippen molar-refractivity contribution in [1.82, 2.24) is 4.98 Å². The number of rotatable bonds is 2. The molecule has 1 aliphatic rings. The van der Waals surface area contributed by atoms with Crippen LogP contribution in [-0.4, -0.2) is 11.0 Å². The normalized spacial score (nSPS) is 25.8. The van der Waals surface area contributed by atoms with Crippen molar-refractivity contribution in [1.29, 1.82) is 0 Å². The first-order valence-corrected chi connectivity index (χ1v) is 8.49. The van der Waals surface area contributed by atoms with Crippen molar-refractivity contribution in [2.75, 3.05) is 5.32 Å². The third-order valence-electron chi connectivity index (χ3n) is 4.19. The Morgan fingerprint density at radius 1 is 1.35 bits per heavy atom. The summed E-state index contributed by atoms with van der Waals surface area (Å²) in [7, 11) is 0. The van der Waals surface area contributed by atoms with Crippen LogP contribution in [-0.2, 0) is 0 Å². The van der Waals surface area contributed by atoms with Gasteiger partial charge in [-0.1, -0.05) is 32.4 Å². The predicted molar refractivity (Wildman–Crippen MR) is 88.8 cm³/mol. The third kappa shape index (κ3) is 2.79. The Balaban J connectivity index is 1.89. The highest BCUT2D eigenvalue weighted by Gasteiger charge is 2.32. The van der Waals surface area contributed by atoms with Crippen molar-refractivity contribution in [3.63, 3.8) is 0 Å². The second kappa shape index (κ2) is 5.19. The molecule has 20 heavy (non-hydrogen) atoms. The molecule has 1 fully saturated rings. The van der Waals surface area contributed by atoms with Crippen LogP contribution in [0.5, 0.6) is 0 Å². The summed E-state index contributed by atoms with van der Waals surface area (Å²) in [5, 5.41) is 4.45. The average Bonchev–Trinajstić information content (AvgIpc) is 2.78. The van der Waals surface area contributed by atoms with Gasteiger partial charge in [-0.05, 0) is 42.7 Å². The van der Waals surface area contributed by atoms with Gasteiger partial charge in [-0.3, -0.25) is 0 Å². The first-order chi connectivity index (χ1) is 9.44. The summed E-state index contributed by atoms with van der Waals surface area (Å²) >= 11 is 8.05. The number of nitrogens with one attached hydrogen (secondary N) is 1. The zero-order valence-electron chi connectivity index (χ0n) is 12.2. The number of hydrogen-bond donors (Lipinski definition) is 1. The molecule has 1 N–H and O–H groups in total. The van der Waals surface area contributed by atoms with Crippen LogP contribution in [0.3, 0.4) is 0 Å². The topological polar surface area (TPSA) is 24.9 Å². The van der Waals surface area contributed by atoms with Crippen molar-refractivity contribution in [2.45, 2.75) is 46.1 Å². The number of hydrogen-bond acceptors (Lipinski definition) is 3. The number of aromatic nitrogens is 1. The summed E-state index contributed by atoms with van der Waals surface area (Å²) in [4.78, 5) is 4.47. The third-order valence-corrected chi connectivity index (χ3v) is 5.30. The van der Waals surface area contributed by atoms with Crippen LogP contribution >= 0.6 is 22.9 Å². The standard InChI is InChI=1S/C16H21ClN2S/c1-10-6-11(8-16(2,3)7-10)19-14-12(17)4-5-13-15(14)18-9-20-13/h4-5,9-11,19H,6-8H2,1-3H3. The first kappa shape index (κ1) is 14.2. The SMILES string of the molecule is CC1CC(Nc2c(Cl)ccc3scnc23)CC(C)(C)C1. The van der Waals surface area contributed by atoms with Gasteiger partial charge in [0, 0.05) is 6.04 Å². The van der Waals surface area contributed by atoms with Crippen LogP contribution in [0.4, 0.5) is 5.69 Å². The molecule has 0 saturated heterocycles. The minimum absolute atomic E-state index is 0.401. The van der Waals surface area contributed by atoms with E-state index in [2.05, 4.69) is 31.1 Å². The highest BCUT2D eigenvalue weighted by molar-refractivity contribution is 7.16. The van der Waals surface area contributed by atoms with E-state index < -0.39 is 0 Å². The fourth-order valence-corrected chi connectivity index (χ4v) is 4.60. The van der Waals surface area contributed by atoms with Crippen molar-refractivity contribution in [3.8, 4) is 0 Å². The summed E-state index contributed by atoms with van der Waals surface area (Å²) in [6.45, 7) is 7.07. The molecule has 2 nitrogen and oxygen atoms in total. The highest BCUT2D eigenvalue weighted by Crippen LogP contribution is 2.41. The molecular weight excluding hydrogens is 288 g/mol. The summed E-state index contributed by atoms with van der Waals surface area (Å²) < 4.78 is 1.19. The largest absolute Gasteiger partial charge is 0.379 e. The van der Waals surface area contributed by atoms with Crippen molar-refractivity contribution >= 4 is 38.8 Å². The summed E-state index contributed by atoms with van der Waals surface area (Å²) in [5.41, 5.74) is 4.32. The van der Waals surface area contributed by atoms with E-state index in [1.807, 2.05) is 17.6 Å². The van der Waals surface area contributed by atoms with Crippen LogP contribution in [0, 0.1) is 11.3 Å². The molecule has 0 spiro atoms. The monoisotopic (exact) mass is 308 g/mol. The Morgan fingerprint density at radius 2 is 2.15 bits per heavy atom. The number of halogens is 1. The van der Waals surface area contributed by atoms with Crippen LogP contribution in [0.2, 0.25) is 5.02 Å². The Labute approximate surface area is 129 Å². The second-order valence-electron chi connectivity index (χ2n) is 6.88. The molecule has 108 valence electrons. The molecule has 2 unspecified atom stereocenters. The molecule has 0 bridgehead atoms. The Morgan fingerprint density at radius 3 is 2.90 bits per heavy atom. The predicted octanol–water partition coefficient (Wildman–Crippen LogP) is 5.58. The van der Waals surface area contributed by atoms with E-state index in [1.165, 1.54) is 24.0 Å². The molecule has 0 aliphatic heterocycles. The number of thiazole rings is 1. The van der Waals surface area contributed by atoms with Gasteiger partial charge in [0.05, 0.1) is 20.9 Å². The van der Waals surface area contributed by atoms with Gasteiger partial charge in [-0.2, -0.15) is 0 Å². The quantitative estimate of drug-likeness (QED) is 0.783. The van der Waals surface area contributed by atoms with Crippen LogP contribution in [0.15, 0.2) is 17.6 Å². The van der Waals surface area contributed by atoms with E-state index in [0.29, 0.717) is 11.5 Å². The first-order valence-electron chi connectivity index (χ1n) is 7.23. The molecule has 0 radical (unpaired) electrons. The van der Waals surface area contributed by atoms with Gasteiger partial charge < -0.3 is 5.32 Å². The highest BCUT2D eigenvalue weighted by atomic mass is 35.5. The van der Waals surface area contributed by atoms with Crippen molar-refractivity contribution in [3.05, 3.63) is 22.7 Å². The fourth-order valence-electron chi connectivity index (χ4n) is 3.70. The molecule has 1 heterocycles. The van der Waals surface area contributed by atoms with E-state index in [9.17, 15) is 0 Å². The molecule has 1 aliphatic carbocycles. The lowest BCUT2D eigenvalue weighted by Gasteiger charge is -2.39. The Hall–Kier alpha value is -0.800. The van der Waals surface area contributed by atoms with Gasteiger partial charge in [0.25, 0.3) is 0 Å². The summed E-state index contributed by atoms with van der Waals surface area (Å²) in [6.07, 6.45) is 3.70. The van der Waals surface area contributed by atoms with Gasteiger partial charge in [0.2, 0.25) is 0 Å². The van der Waals surface area contributed by atoms with Crippen molar-refractivity contribution in [2.24, 2.45) is 11.3 Å². The lowest BCUT2D eigenvalue weighted by molar-refractivity contribution is 0.178. The Kier molecular flexibility index (Phi) is 3.67. The fraction of sp³-hybridized carbons (Fsp3) is 0.562. The van der Waals surface area contributed by atoms with E-state index in [4.69, 9.17) is 11.6 Å². The molecule has 4 heteroatoms. The minimum atomic E-state index is 0.401. The zero-order valence-corrected chi connectivity index (χ0v) is 13.8. The molecule has 3 rings (SSSR count). The molecule has 1 saturated carbocycles. The minimum Gasteiger partial charge on any atom is -0.379 e. The second-order valence-corrected chi connectivity index (χ2v) is 8.17. The van der Waals surface area contributed by atoms with Gasteiger partial charge in [-0.25, -0.2) is 4.98 Å². The van der Waals surface area contributed by atoms with E-state index in [-0.39, 0.29) is 0 Å². The van der Waals surface area contributed by atoms with E-state index >= 15 is 0 Å². The van der Waals surface area contributed by atoms with Gasteiger partial charge in [0.1, 0.15) is 5.52 Å². The maximum Gasteiger partial charge on any atom is 0.106 e. The summed E-state index contributed by atoms with van der Waals surface area (Å²) in [6, 6.07) is 4.51. The molecular formula is C16H21ClN2S. The van der Waals surface area contributed by atoms with Gasteiger partial charge in [0.15, 0.2) is 0 Å². The number of anilines is 1. The van der Waals surface area contributed by atoms with E-state index in [0.717, 1.165) is 22.1 Å². The van der Waals surface area contributed by atoms with Gasteiger partial charge >= 0.3 is 0 Å². The molecule has 1 aromatic carbocycles. The number of fused-ring (bicyclic) bond motifs is 1. The summed E-state index contributed by atoms with van der Waals surface area (Å²) in [5.74, 6) is 0.754. The molecule has 2 aromatic rings. The van der Waals surface area contributed by atoms with Crippen LogP contribution in [0.25, 0.3) is 10.2 Å². The average molecular weight is 309 g/mol. The Bertz CT molecular complexity index is 620. The van der Waals surface area contributed by atoms with Crippen molar-refractivity contribution < 1.29 is 0 Å². The van der Waals surface area contributed by atoms with Gasteiger partial charge in [-0.15, -0.1) is 11.3 Å². The smallest absolute Gasteiger partial charge is 0.106 e. The van der Waals surface area contributed by atoms with Crippen LogP contribution in [0.1, 0.15) is 40.0 Å². The number of nitrogens with zero attached hydrogens (tertiary/aromatic N) is 1. The van der Waals surface area contributed by atoms with E-state index in [1.54, 1.807) is 11.3 Å². The number of benzene rings is 1. The zero-order chi connectivity index (χ0) is 14.3.